The molecule has 0 fully saturated rings. The van der Waals surface area contributed by atoms with E-state index in [4.69, 9.17) is 14.6 Å². The van der Waals surface area contributed by atoms with E-state index in [1.807, 2.05) is 31.2 Å². The van der Waals surface area contributed by atoms with Crippen LogP contribution in [0.15, 0.2) is 24.3 Å². The number of aryl methyl sites for hydroxylation is 1. The third-order valence-electron chi connectivity index (χ3n) is 2.09. The van der Waals surface area contributed by atoms with Gasteiger partial charge >= 0.3 is 5.97 Å². The van der Waals surface area contributed by atoms with Gasteiger partial charge in [-0.3, -0.25) is 0 Å². The molecule has 0 aliphatic carbocycles. The van der Waals surface area contributed by atoms with Crippen molar-refractivity contribution in [2.45, 2.75) is 20.0 Å². The number of ether oxygens (including phenoxy) is 2. The summed E-state index contributed by atoms with van der Waals surface area (Å²) in [6.45, 7) is 4.11. The molecule has 0 aliphatic heterocycles. The number of hydrogen-bond donors (Lipinski definition) is 1. The van der Waals surface area contributed by atoms with Crippen molar-refractivity contribution >= 4 is 5.97 Å². The molecule has 0 saturated carbocycles. The van der Waals surface area contributed by atoms with Crippen LogP contribution >= 0.6 is 0 Å². The SMILES string of the molecule is Cc1ccc(OCCO[C@@H](C)C(=O)O)cc1. The highest BCUT2D eigenvalue weighted by Crippen LogP contribution is 2.10. The third-order valence-corrected chi connectivity index (χ3v) is 2.09. The molecular formula is C12H16O4. The lowest BCUT2D eigenvalue weighted by molar-refractivity contribution is -0.149. The van der Waals surface area contributed by atoms with Crippen LogP contribution in [0.5, 0.6) is 5.75 Å². The second-order valence-electron chi connectivity index (χ2n) is 3.51. The van der Waals surface area contributed by atoms with Crippen LogP contribution in [0.1, 0.15) is 12.5 Å². The summed E-state index contributed by atoms with van der Waals surface area (Å²) < 4.78 is 10.4. The first-order valence-corrected chi connectivity index (χ1v) is 5.13. The van der Waals surface area contributed by atoms with Gasteiger partial charge in [-0.2, -0.15) is 0 Å². The summed E-state index contributed by atoms with van der Waals surface area (Å²) in [6, 6.07) is 7.65. The van der Waals surface area contributed by atoms with E-state index < -0.39 is 12.1 Å². The van der Waals surface area contributed by atoms with E-state index in [2.05, 4.69) is 0 Å². The van der Waals surface area contributed by atoms with Gasteiger partial charge in [0.05, 0.1) is 6.61 Å². The number of benzene rings is 1. The summed E-state index contributed by atoms with van der Waals surface area (Å²) in [6.07, 6.45) is -0.790. The zero-order valence-electron chi connectivity index (χ0n) is 9.47. The summed E-state index contributed by atoms with van der Waals surface area (Å²) in [5, 5.41) is 8.56. The lowest BCUT2D eigenvalue weighted by atomic mass is 10.2. The van der Waals surface area contributed by atoms with Crippen molar-refractivity contribution in [1.82, 2.24) is 0 Å². The van der Waals surface area contributed by atoms with Gasteiger partial charge in [-0.05, 0) is 26.0 Å². The zero-order chi connectivity index (χ0) is 12.0. The maximum Gasteiger partial charge on any atom is 0.332 e. The van der Waals surface area contributed by atoms with Crippen molar-refractivity contribution in [3.8, 4) is 5.75 Å². The van der Waals surface area contributed by atoms with E-state index in [-0.39, 0.29) is 6.61 Å². The minimum absolute atomic E-state index is 0.265. The van der Waals surface area contributed by atoms with E-state index in [0.29, 0.717) is 6.61 Å². The van der Waals surface area contributed by atoms with Gasteiger partial charge in [0.15, 0.2) is 6.10 Å². The number of carbonyl (C=O) groups is 1. The molecule has 0 spiro atoms. The molecule has 1 aromatic carbocycles. The molecule has 0 radical (unpaired) electrons. The third kappa shape index (κ3) is 4.31. The van der Waals surface area contributed by atoms with E-state index in [1.165, 1.54) is 12.5 Å². The molecule has 1 aromatic rings. The average molecular weight is 224 g/mol. The number of carboxylic acids is 1. The fourth-order valence-corrected chi connectivity index (χ4v) is 1.09. The Hall–Kier alpha value is -1.55. The van der Waals surface area contributed by atoms with E-state index >= 15 is 0 Å². The first kappa shape index (κ1) is 12.5. The summed E-state index contributed by atoms with van der Waals surface area (Å²) >= 11 is 0. The van der Waals surface area contributed by atoms with Crippen molar-refractivity contribution in [3.63, 3.8) is 0 Å². The quantitative estimate of drug-likeness (QED) is 0.749. The number of aliphatic carboxylic acids is 1. The Balaban J connectivity index is 2.21. The fraction of sp³-hybridized carbons (Fsp3) is 0.417. The van der Waals surface area contributed by atoms with Crippen LogP contribution in [-0.2, 0) is 9.53 Å². The van der Waals surface area contributed by atoms with E-state index in [1.54, 1.807) is 0 Å². The molecule has 88 valence electrons. The molecule has 1 rings (SSSR count). The van der Waals surface area contributed by atoms with E-state index in [0.717, 1.165) is 5.75 Å². The van der Waals surface area contributed by atoms with Crippen LogP contribution < -0.4 is 4.74 Å². The lowest BCUT2D eigenvalue weighted by Gasteiger charge is -2.09. The first-order valence-electron chi connectivity index (χ1n) is 5.13. The number of carboxylic acid groups (broad SMARTS) is 1. The molecule has 0 amide bonds. The van der Waals surface area contributed by atoms with Gasteiger partial charge in [0.2, 0.25) is 0 Å². The van der Waals surface area contributed by atoms with Crippen LogP contribution in [-0.4, -0.2) is 30.4 Å². The van der Waals surface area contributed by atoms with Crippen molar-refractivity contribution in [3.05, 3.63) is 29.8 Å². The van der Waals surface area contributed by atoms with Gasteiger partial charge in [-0.15, -0.1) is 0 Å². The average Bonchev–Trinajstić information content (AvgIpc) is 2.26. The molecule has 0 bridgehead atoms. The molecule has 16 heavy (non-hydrogen) atoms. The van der Waals surface area contributed by atoms with Gasteiger partial charge < -0.3 is 14.6 Å². The van der Waals surface area contributed by atoms with Gasteiger partial charge in [-0.25, -0.2) is 4.79 Å². The lowest BCUT2D eigenvalue weighted by Crippen LogP contribution is -2.22. The second-order valence-corrected chi connectivity index (χ2v) is 3.51. The Bertz CT molecular complexity index is 331. The molecule has 1 atom stereocenters. The predicted molar refractivity (Wildman–Crippen MR) is 59.7 cm³/mol. The molecule has 0 aliphatic rings. The molecule has 0 saturated heterocycles. The Labute approximate surface area is 94.8 Å². The largest absolute Gasteiger partial charge is 0.491 e. The summed E-state index contributed by atoms with van der Waals surface area (Å²) in [5.74, 6) is -0.201. The monoisotopic (exact) mass is 224 g/mol. The highest BCUT2D eigenvalue weighted by molar-refractivity contribution is 5.71. The van der Waals surface area contributed by atoms with Gasteiger partial charge in [0.25, 0.3) is 0 Å². The number of hydrogen-bond acceptors (Lipinski definition) is 3. The molecule has 0 heterocycles. The predicted octanol–water partition coefficient (Wildman–Crippen LogP) is 1.86. The van der Waals surface area contributed by atoms with Crippen LogP contribution in [0.25, 0.3) is 0 Å². The maximum atomic E-state index is 10.4. The van der Waals surface area contributed by atoms with E-state index in [9.17, 15) is 4.79 Å². The normalized spacial score (nSPS) is 12.1. The topological polar surface area (TPSA) is 55.8 Å². The van der Waals surface area contributed by atoms with Crippen LogP contribution in [0.4, 0.5) is 0 Å². The second kappa shape index (κ2) is 6.12. The van der Waals surface area contributed by atoms with Gasteiger partial charge in [0, 0.05) is 0 Å². The molecule has 0 unspecified atom stereocenters. The minimum Gasteiger partial charge on any atom is -0.491 e. The van der Waals surface area contributed by atoms with Crippen molar-refractivity contribution in [1.29, 1.82) is 0 Å². The standard InChI is InChI=1S/C12H16O4/c1-9-3-5-11(6-4-9)16-8-7-15-10(2)12(13)14/h3-6,10H,7-8H2,1-2H3,(H,13,14)/t10-/m0/s1. The van der Waals surface area contributed by atoms with Crippen molar-refractivity contribution in [2.24, 2.45) is 0 Å². The highest BCUT2D eigenvalue weighted by atomic mass is 16.5. The molecule has 4 nitrogen and oxygen atoms in total. The van der Waals surface area contributed by atoms with Gasteiger partial charge in [0.1, 0.15) is 12.4 Å². The Morgan fingerprint density at radius 3 is 2.50 bits per heavy atom. The van der Waals surface area contributed by atoms with Crippen LogP contribution in [0, 0.1) is 6.92 Å². The highest BCUT2D eigenvalue weighted by Gasteiger charge is 2.09. The van der Waals surface area contributed by atoms with Crippen LogP contribution in [0.3, 0.4) is 0 Å². The summed E-state index contributed by atoms with van der Waals surface area (Å²) in [7, 11) is 0. The number of rotatable bonds is 6. The van der Waals surface area contributed by atoms with Crippen LogP contribution in [0.2, 0.25) is 0 Å². The summed E-state index contributed by atoms with van der Waals surface area (Å²) in [5.41, 5.74) is 1.17. The Kier molecular flexibility index (Phi) is 4.79. The van der Waals surface area contributed by atoms with Gasteiger partial charge in [-0.1, -0.05) is 17.7 Å². The minimum atomic E-state index is -0.963. The molecular weight excluding hydrogens is 208 g/mol. The molecule has 0 aromatic heterocycles. The maximum absolute atomic E-state index is 10.4. The molecule has 1 N–H and O–H groups in total. The van der Waals surface area contributed by atoms with Crippen molar-refractivity contribution < 1.29 is 19.4 Å². The zero-order valence-corrected chi connectivity index (χ0v) is 9.47. The fourth-order valence-electron chi connectivity index (χ4n) is 1.09. The first-order chi connectivity index (χ1) is 7.59. The Morgan fingerprint density at radius 2 is 1.94 bits per heavy atom. The Morgan fingerprint density at radius 1 is 1.31 bits per heavy atom. The van der Waals surface area contributed by atoms with Crippen molar-refractivity contribution in [2.75, 3.05) is 13.2 Å². The summed E-state index contributed by atoms with van der Waals surface area (Å²) in [4.78, 5) is 10.4. The smallest absolute Gasteiger partial charge is 0.332 e. The molecule has 4 heteroatoms.